The second-order valence-electron chi connectivity index (χ2n) is 9.10. The molecule has 0 aliphatic carbocycles. The van der Waals surface area contributed by atoms with Gasteiger partial charge in [0.15, 0.2) is 0 Å². The highest BCUT2D eigenvalue weighted by Crippen LogP contribution is 2.44. The van der Waals surface area contributed by atoms with Crippen LogP contribution in [0.1, 0.15) is 65.1 Å². The van der Waals surface area contributed by atoms with Crippen LogP contribution in [0.5, 0.6) is 5.75 Å². The molecule has 4 aromatic rings. The lowest BCUT2D eigenvalue weighted by atomic mass is 9.75. The van der Waals surface area contributed by atoms with Crippen LogP contribution in [0.15, 0.2) is 72.9 Å². The molecule has 0 aliphatic rings. The molecule has 7 heteroatoms. The molecule has 3 N–H and O–H groups in total. The number of carboxylic acids is 1. The number of fused-ring (bicyclic) bond motifs is 1. The Balaban J connectivity index is 1.73. The number of rotatable bonds is 11. The van der Waals surface area contributed by atoms with Crippen LogP contribution in [0.25, 0.3) is 10.9 Å². The summed E-state index contributed by atoms with van der Waals surface area (Å²) in [6.07, 6.45) is 3.90. The molecular weight excluding hydrogens is 488 g/mol. The number of aliphatic carboxylic acids is 1. The molecule has 0 aliphatic heterocycles. The topological polar surface area (TPSA) is 91.4 Å². The smallest absolute Gasteiger partial charge is 0.305 e. The van der Waals surface area contributed by atoms with Gasteiger partial charge in [-0.05, 0) is 65.4 Å². The van der Waals surface area contributed by atoms with E-state index in [0.717, 1.165) is 35.1 Å². The Kier molecular flexibility index (Phi) is 8.51. The monoisotopic (exact) mass is 518 g/mol. The maximum absolute atomic E-state index is 12.5. The number of aromatic nitrogens is 1. The van der Waals surface area contributed by atoms with E-state index in [1.54, 1.807) is 7.11 Å². The Morgan fingerprint density at radius 3 is 2.38 bits per heavy atom. The van der Waals surface area contributed by atoms with Gasteiger partial charge < -0.3 is 20.1 Å². The van der Waals surface area contributed by atoms with E-state index in [0.29, 0.717) is 10.6 Å². The van der Waals surface area contributed by atoms with Crippen LogP contribution in [-0.4, -0.2) is 35.6 Å². The molecule has 0 saturated heterocycles. The molecule has 0 saturated carbocycles. The summed E-state index contributed by atoms with van der Waals surface area (Å²) in [5.41, 5.74) is 4.99. The summed E-state index contributed by atoms with van der Waals surface area (Å²) in [6, 6.07) is 21.8. The zero-order chi connectivity index (χ0) is 26.4. The molecule has 1 amide bonds. The SMILES string of the molecule is CCCC(c1ccc(C(=O)NCCC(=O)O)cc1)C(c1ccc(OC)cc1)c1c[nH]c2cc(Cl)ccc12. The van der Waals surface area contributed by atoms with Crippen molar-refractivity contribution in [3.05, 3.63) is 100 Å². The molecule has 0 spiro atoms. The molecule has 2 unspecified atom stereocenters. The molecule has 1 aromatic heterocycles. The average molecular weight is 519 g/mol. The first-order valence-electron chi connectivity index (χ1n) is 12.4. The van der Waals surface area contributed by atoms with Crippen LogP contribution in [0, 0.1) is 0 Å². The number of nitrogens with one attached hydrogen (secondary N) is 2. The molecule has 37 heavy (non-hydrogen) atoms. The van der Waals surface area contributed by atoms with Gasteiger partial charge in [0.05, 0.1) is 13.5 Å². The maximum Gasteiger partial charge on any atom is 0.305 e. The third-order valence-electron chi connectivity index (χ3n) is 6.71. The van der Waals surface area contributed by atoms with Gasteiger partial charge in [-0.2, -0.15) is 0 Å². The molecule has 0 bridgehead atoms. The summed E-state index contributed by atoms with van der Waals surface area (Å²) in [4.78, 5) is 26.6. The number of methoxy groups -OCH3 is 1. The Labute approximate surface area is 221 Å². The van der Waals surface area contributed by atoms with Crippen molar-refractivity contribution in [2.75, 3.05) is 13.7 Å². The van der Waals surface area contributed by atoms with Crippen molar-refractivity contribution in [3.63, 3.8) is 0 Å². The van der Waals surface area contributed by atoms with Crippen LogP contribution < -0.4 is 10.1 Å². The predicted molar refractivity (Wildman–Crippen MR) is 147 cm³/mol. The van der Waals surface area contributed by atoms with Crippen molar-refractivity contribution in [3.8, 4) is 5.75 Å². The number of amides is 1. The Morgan fingerprint density at radius 1 is 1.03 bits per heavy atom. The minimum Gasteiger partial charge on any atom is -0.497 e. The van der Waals surface area contributed by atoms with Crippen molar-refractivity contribution < 1.29 is 19.4 Å². The van der Waals surface area contributed by atoms with Gasteiger partial charge in [-0.3, -0.25) is 9.59 Å². The van der Waals surface area contributed by atoms with Crippen LogP contribution in [-0.2, 0) is 4.79 Å². The van der Waals surface area contributed by atoms with Gasteiger partial charge in [0, 0.05) is 40.1 Å². The number of carbonyl (C=O) groups excluding carboxylic acids is 1. The van der Waals surface area contributed by atoms with E-state index in [2.05, 4.69) is 41.6 Å². The summed E-state index contributed by atoms with van der Waals surface area (Å²) in [7, 11) is 1.66. The minimum absolute atomic E-state index is 0.0519. The predicted octanol–water partition coefficient (Wildman–Crippen LogP) is 6.75. The van der Waals surface area contributed by atoms with E-state index in [1.165, 1.54) is 11.1 Å². The molecule has 0 radical (unpaired) electrons. The molecular formula is C30H31ClN2O4. The van der Waals surface area contributed by atoms with Gasteiger partial charge in [0.1, 0.15) is 5.75 Å². The van der Waals surface area contributed by atoms with Gasteiger partial charge in [0.2, 0.25) is 0 Å². The van der Waals surface area contributed by atoms with Crippen LogP contribution in [0.3, 0.4) is 0 Å². The van der Waals surface area contributed by atoms with Gasteiger partial charge >= 0.3 is 5.97 Å². The zero-order valence-electron chi connectivity index (χ0n) is 21.0. The molecule has 2 atom stereocenters. The first-order chi connectivity index (χ1) is 17.9. The van der Waals surface area contributed by atoms with Crippen molar-refractivity contribution in [2.24, 2.45) is 0 Å². The van der Waals surface area contributed by atoms with E-state index >= 15 is 0 Å². The van der Waals surface area contributed by atoms with Crippen molar-refractivity contribution in [2.45, 2.75) is 38.0 Å². The Hall–Kier alpha value is -3.77. The first kappa shape index (κ1) is 26.3. The highest BCUT2D eigenvalue weighted by atomic mass is 35.5. The number of carboxylic acid groups (broad SMARTS) is 1. The van der Waals surface area contributed by atoms with E-state index in [4.69, 9.17) is 21.4 Å². The van der Waals surface area contributed by atoms with Gasteiger partial charge in [-0.25, -0.2) is 0 Å². The zero-order valence-corrected chi connectivity index (χ0v) is 21.7. The lowest BCUT2D eigenvalue weighted by molar-refractivity contribution is -0.136. The van der Waals surface area contributed by atoms with E-state index in [1.807, 2.05) is 48.5 Å². The third kappa shape index (κ3) is 6.15. The Bertz CT molecular complexity index is 1360. The standard InChI is InChI=1S/C30H31ClN2O4/c1-3-4-24(19-5-7-21(8-6-19)30(36)32-16-15-28(34)35)29(20-9-12-23(37-2)13-10-20)26-18-33-27-17-22(31)11-14-25(26)27/h5-14,17-18,24,29,33H,3-4,15-16H2,1-2H3,(H,32,36)(H,34,35). The lowest BCUT2D eigenvalue weighted by Crippen LogP contribution is -2.26. The van der Waals surface area contributed by atoms with Crippen molar-refractivity contribution in [1.29, 1.82) is 0 Å². The fraction of sp³-hybridized carbons (Fsp3) is 0.267. The maximum atomic E-state index is 12.5. The van der Waals surface area contributed by atoms with E-state index in [-0.39, 0.29) is 30.7 Å². The summed E-state index contributed by atoms with van der Waals surface area (Å²) >= 11 is 6.26. The average Bonchev–Trinajstić information content (AvgIpc) is 3.31. The number of H-pyrrole nitrogens is 1. The fourth-order valence-electron chi connectivity index (χ4n) is 4.92. The van der Waals surface area contributed by atoms with E-state index < -0.39 is 5.97 Å². The summed E-state index contributed by atoms with van der Waals surface area (Å²) < 4.78 is 5.40. The second-order valence-corrected chi connectivity index (χ2v) is 9.54. The molecule has 192 valence electrons. The van der Waals surface area contributed by atoms with Crippen molar-refractivity contribution >= 4 is 34.4 Å². The highest BCUT2D eigenvalue weighted by Gasteiger charge is 2.28. The molecule has 4 rings (SSSR count). The fourth-order valence-corrected chi connectivity index (χ4v) is 5.09. The summed E-state index contributed by atoms with van der Waals surface area (Å²) in [5.74, 6) is -0.214. The number of aromatic amines is 1. The van der Waals surface area contributed by atoms with Crippen molar-refractivity contribution in [1.82, 2.24) is 10.3 Å². The molecule has 1 heterocycles. The first-order valence-corrected chi connectivity index (χ1v) is 12.8. The number of hydrogen-bond acceptors (Lipinski definition) is 3. The quantitative estimate of drug-likeness (QED) is 0.205. The molecule has 6 nitrogen and oxygen atoms in total. The minimum atomic E-state index is -0.942. The third-order valence-corrected chi connectivity index (χ3v) is 6.95. The lowest BCUT2D eigenvalue weighted by Gasteiger charge is -2.28. The van der Waals surface area contributed by atoms with Gasteiger partial charge in [0.25, 0.3) is 5.91 Å². The summed E-state index contributed by atoms with van der Waals surface area (Å²) in [5, 5.41) is 13.3. The number of halogens is 1. The highest BCUT2D eigenvalue weighted by molar-refractivity contribution is 6.31. The Morgan fingerprint density at radius 2 is 1.73 bits per heavy atom. The summed E-state index contributed by atoms with van der Waals surface area (Å²) in [6.45, 7) is 2.27. The molecule has 3 aromatic carbocycles. The number of ether oxygens (including phenoxy) is 1. The number of hydrogen-bond donors (Lipinski definition) is 3. The normalized spacial score (nSPS) is 12.7. The largest absolute Gasteiger partial charge is 0.497 e. The van der Waals surface area contributed by atoms with Crippen LogP contribution >= 0.6 is 11.6 Å². The van der Waals surface area contributed by atoms with E-state index in [9.17, 15) is 9.59 Å². The van der Waals surface area contributed by atoms with Crippen LogP contribution in [0.4, 0.5) is 0 Å². The van der Waals surface area contributed by atoms with Gasteiger partial charge in [-0.15, -0.1) is 0 Å². The number of benzene rings is 3. The van der Waals surface area contributed by atoms with Crippen LogP contribution in [0.2, 0.25) is 5.02 Å². The number of carbonyl (C=O) groups is 2. The second kappa shape index (κ2) is 12.0. The van der Waals surface area contributed by atoms with Gasteiger partial charge in [-0.1, -0.05) is 55.3 Å². The molecule has 0 fully saturated rings.